The summed E-state index contributed by atoms with van der Waals surface area (Å²) in [6.07, 6.45) is 0. The topological polar surface area (TPSA) is 59.6 Å². The normalized spacial score (nSPS) is 13.7. The van der Waals surface area contributed by atoms with E-state index in [9.17, 15) is 0 Å². The van der Waals surface area contributed by atoms with E-state index in [0.717, 1.165) is 0 Å². The third-order valence-corrected chi connectivity index (χ3v) is 3.79. The van der Waals surface area contributed by atoms with Crippen molar-refractivity contribution < 1.29 is 4.74 Å². The summed E-state index contributed by atoms with van der Waals surface area (Å²) in [4.78, 5) is 5.56. The number of nitrogens with two attached hydrogens (primary N) is 1. The number of guanidine groups is 1. The van der Waals surface area contributed by atoms with Crippen LogP contribution in [0.15, 0.2) is 35.3 Å². The minimum absolute atomic E-state index is 0.163. The second-order valence-electron chi connectivity index (χ2n) is 4.45. The number of nitrogens with zero attached hydrogens (tertiary/aromatic N) is 1. The molecule has 2 rings (SSSR count). The lowest BCUT2D eigenvalue weighted by Gasteiger charge is -2.12. The number of aliphatic imine (C=N–C) groups is 1. The van der Waals surface area contributed by atoms with Crippen molar-refractivity contribution >= 4 is 27.4 Å². The Balaban J connectivity index is 1.97. The summed E-state index contributed by atoms with van der Waals surface area (Å²) in [5, 5.41) is 4.35. The van der Waals surface area contributed by atoms with E-state index in [1.807, 2.05) is 19.1 Å². The van der Waals surface area contributed by atoms with Gasteiger partial charge in [0.15, 0.2) is 5.96 Å². The van der Waals surface area contributed by atoms with E-state index in [4.69, 9.17) is 10.5 Å². The van der Waals surface area contributed by atoms with Gasteiger partial charge in [0.1, 0.15) is 0 Å². The lowest BCUT2D eigenvalue weighted by molar-refractivity contribution is 0.179. The fourth-order valence-electron chi connectivity index (χ4n) is 1.87. The molecule has 5 heteroatoms. The van der Waals surface area contributed by atoms with Gasteiger partial charge in [-0.25, -0.2) is 4.99 Å². The molecule has 1 aromatic carbocycles. The first-order valence-corrected chi connectivity index (χ1v) is 7.03. The van der Waals surface area contributed by atoms with Crippen LogP contribution in [0.3, 0.4) is 0 Å². The van der Waals surface area contributed by atoms with Gasteiger partial charge < -0.3 is 15.8 Å². The number of ether oxygens (including phenoxy) is 1. The van der Waals surface area contributed by atoms with E-state index < -0.39 is 0 Å². The van der Waals surface area contributed by atoms with Crippen molar-refractivity contribution in [2.24, 2.45) is 10.7 Å². The van der Waals surface area contributed by atoms with Gasteiger partial charge in [0.2, 0.25) is 0 Å². The van der Waals surface area contributed by atoms with E-state index in [-0.39, 0.29) is 6.04 Å². The molecule has 0 bridgehead atoms. The summed E-state index contributed by atoms with van der Waals surface area (Å²) < 4.78 is 6.32. The maximum atomic E-state index is 5.83. The van der Waals surface area contributed by atoms with Crippen LogP contribution in [0.25, 0.3) is 10.1 Å². The van der Waals surface area contributed by atoms with Gasteiger partial charge in [-0.2, -0.15) is 0 Å². The minimum Gasteiger partial charge on any atom is -0.383 e. The summed E-state index contributed by atoms with van der Waals surface area (Å²) in [5.74, 6) is 0.460. The molecular formula is C14H19N3OS. The van der Waals surface area contributed by atoms with E-state index in [1.165, 1.54) is 15.0 Å². The fourth-order valence-corrected chi connectivity index (χ4v) is 2.86. The predicted molar refractivity (Wildman–Crippen MR) is 81.6 cm³/mol. The molecule has 2 aromatic rings. The van der Waals surface area contributed by atoms with Crippen LogP contribution < -0.4 is 11.1 Å². The number of methoxy groups -OCH3 is 1. The highest BCUT2D eigenvalue weighted by Gasteiger charge is 2.03. The van der Waals surface area contributed by atoms with E-state index in [2.05, 4.69) is 28.5 Å². The first-order valence-electron chi connectivity index (χ1n) is 6.22. The number of thiophene rings is 1. The summed E-state index contributed by atoms with van der Waals surface area (Å²) in [5.41, 5.74) is 5.83. The Morgan fingerprint density at radius 2 is 2.26 bits per heavy atom. The second kappa shape index (κ2) is 6.54. The number of nitrogens with one attached hydrogen (secondary N) is 1. The number of hydrogen-bond acceptors (Lipinski definition) is 3. The van der Waals surface area contributed by atoms with Crippen LogP contribution in [0.5, 0.6) is 0 Å². The molecule has 0 aliphatic heterocycles. The third kappa shape index (κ3) is 3.94. The van der Waals surface area contributed by atoms with E-state index in [0.29, 0.717) is 19.1 Å². The summed E-state index contributed by atoms with van der Waals surface area (Å²) >= 11 is 1.75. The van der Waals surface area contributed by atoms with Gasteiger partial charge in [0, 0.05) is 22.7 Å². The van der Waals surface area contributed by atoms with Crippen molar-refractivity contribution in [2.75, 3.05) is 13.7 Å². The molecule has 1 atom stereocenters. The SMILES string of the molecule is COCC(C)NC(N)=NCc1cc2ccccc2s1. The zero-order valence-corrected chi connectivity index (χ0v) is 12.0. The average molecular weight is 277 g/mol. The maximum Gasteiger partial charge on any atom is 0.189 e. The maximum absolute atomic E-state index is 5.83. The largest absolute Gasteiger partial charge is 0.383 e. The molecule has 0 fully saturated rings. The molecule has 0 aliphatic rings. The third-order valence-electron chi connectivity index (χ3n) is 2.69. The van der Waals surface area contributed by atoms with E-state index in [1.54, 1.807) is 18.4 Å². The molecule has 0 saturated carbocycles. The van der Waals surface area contributed by atoms with Gasteiger partial charge in [0.05, 0.1) is 13.2 Å². The summed E-state index contributed by atoms with van der Waals surface area (Å²) in [6.45, 7) is 3.22. The molecule has 0 aliphatic carbocycles. The van der Waals surface area contributed by atoms with Gasteiger partial charge in [-0.3, -0.25) is 0 Å². The van der Waals surface area contributed by atoms with E-state index >= 15 is 0 Å². The second-order valence-corrected chi connectivity index (χ2v) is 5.62. The predicted octanol–water partition coefficient (Wildman–Crippen LogP) is 2.34. The van der Waals surface area contributed by atoms with Gasteiger partial charge in [-0.05, 0) is 24.4 Å². The van der Waals surface area contributed by atoms with Crippen molar-refractivity contribution in [3.05, 3.63) is 35.2 Å². The molecule has 102 valence electrons. The Morgan fingerprint density at radius 3 is 3.00 bits per heavy atom. The molecular weight excluding hydrogens is 258 g/mol. The van der Waals surface area contributed by atoms with Crippen LogP contribution in [-0.2, 0) is 11.3 Å². The van der Waals surface area contributed by atoms with Crippen LogP contribution in [0.1, 0.15) is 11.8 Å². The Bertz CT molecular complexity index is 532. The minimum atomic E-state index is 0.163. The number of benzene rings is 1. The molecule has 4 nitrogen and oxygen atoms in total. The van der Waals surface area contributed by atoms with Gasteiger partial charge in [0.25, 0.3) is 0 Å². The van der Waals surface area contributed by atoms with Crippen LogP contribution in [0, 0.1) is 0 Å². The highest BCUT2D eigenvalue weighted by Crippen LogP contribution is 2.25. The molecule has 3 N–H and O–H groups in total. The first kappa shape index (κ1) is 13.8. The number of hydrogen-bond donors (Lipinski definition) is 2. The van der Waals surface area contributed by atoms with Crippen LogP contribution in [-0.4, -0.2) is 25.7 Å². The Kier molecular flexibility index (Phi) is 4.76. The Morgan fingerprint density at radius 1 is 1.47 bits per heavy atom. The lowest BCUT2D eigenvalue weighted by atomic mass is 10.2. The van der Waals surface area contributed by atoms with Crippen molar-refractivity contribution in [1.29, 1.82) is 0 Å². The molecule has 0 radical (unpaired) electrons. The van der Waals surface area contributed by atoms with Crippen molar-refractivity contribution in [3.63, 3.8) is 0 Å². The monoisotopic (exact) mass is 277 g/mol. The summed E-state index contributed by atoms with van der Waals surface area (Å²) in [6, 6.07) is 10.7. The molecule has 0 spiro atoms. The molecule has 1 unspecified atom stereocenters. The molecule has 0 saturated heterocycles. The zero-order chi connectivity index (χ0) is 13.7. The van der Waals surface area contributed by atoms with Gasteiger partial charge in [-0.15, -0.1) is 11.3 Å². The first-order chi connectivity index (χ1) is 9.19. The number of fused-ring (bicyclic) bond motifs is 1. The molecule has 0 amide bonds. The quantitative estimate of drug-likeness (QED) is 0.651. The van der Waals surface area contributed by atoms with Crippen LogP contribution in [0.4, 0.5) is 0 Å². The standard InChI is InChI=1S/C14H19N3OS/c1-10(9-18-2)17-14(15)16-8-12-7-11-5-3-4-6-13(11)19-12/h3-7,10H,8-9H2,1-2H3,(H3,15,16,17). The smallest absolute Gasteiger partial charge is 0.189 e. The van der Waals surface area contributed by atoms with Gasteiger partial charge in [-0.1, -0.05) is 18.2 Å². The highest BCUT2D eigenvalue weighted by molar-refractivity contribution is 7.19. The number of rotatable bonds is 5. The van der Waals surface area contributed by atoms with Crippen molar-refractivity contribution in [3.8, 4) is 0 Å². The fraction of sp³-hybridized carbons (Fsp3) is 0.357. The Hall–Kier alpha value is -1.59. The van der Waals surface area contributed by atoms with Crippen LogP contribution >= 0.6 is 11.3 Å². The van der Waals surface area contributed by atoms with Crippen molar-refractivity contribution in [2.45, 2.75) is 19.5 Å². The average Bonchev–Trinajstić information content (AvgIpc) is 2.79. The highest BCUT2D eigenvalue weighted by atomic mass is 32.1. The Labute approximate surface area is 117 Å². The van der Waals surface area contributed by atoms with Gasteiger partial charge >= 0.3 is 0 Å². The zero-order valence-electron chi connectivity index (χ0n) is 11.2. The summed E-state index contributed by atoms with van der Waals surface area (Å²) in [7, 11) is 1.67. The lowest BCUT2D eigenvalue weighted by Crippen LogP contribution is -2.40. The molecule has 1 aromatic heterocycles. The molecule has 1 heterocycles. The van der Waals surface area contributed by atoms with Crippen molar-refractivity contribution in [1.82, 2.24) is 5.32 Å². The van der Waals surface area contributed by atoms with Crippen LogP contribution in [0.2, 0.25) is 0 Å². The molecule has 19 heavy (non-hydrogen) atoms.